The number of hydrogen-bond acceptors (Lipinski definition) is 8. The van der Waals surface area contributed by atoms with Crippen LogP contribution >= 0.6 is 0 Å². The third-order valence-corrected chi connectivity index (χ3v) is 1.02. The third kappa shape index (κ3) is 205. The van der Waals surface area contributed by atoms with Crippen molar-refractivity contribution in [2.24, 2.45) is 11.5 Å². The SMILES string of the molecule is CN(CCN)CCN.[C-]#N.[C-]#N.[C-]#N.[C-]#N.[C-]#N.[Fe+5]. The summed E-state index contributed by atoms with van der Waals surface area (Å²) in [4.78, 5) is 2.11. The van der Waals surface area contributed by atoms with Gasteiger partial charge in [0.1, 0.15) is 0 Å². The molecule has 19 heavy (non-hydrogen) atoms. The van der Waals surface area contributed by atoms with Crippen LogP contribution in [0.2, 0.25) is 0 Å². The molecule has 103 valence electrons. The zero-order valence-corrected chi connectivity index (χ0v) is 11.6. The third-order valence-electron chi connectivity index (χ3n) is 1.02. The van der Waals surface area contributed by atoms with Crippen LogP contribution in [-0.4, -0.2) is 38.1 Å². The van der Waals surface area contributed by atoms with Crippen molar-refractivity contribution in [3.8, 4) is 0 Å². The molecule has 8 nitrogen and oxygen atoms in total. The van der Waals surface area contributed by atoms with Crippen molar-refractivity contribution < 1.29 is 17.1 Å². The Hall–Kier alpha value is -2.15. The first kappa shape index (κ1) is 43.6. The fraction of sp³-hybridized carbons (Fsp3) is 0.500. The molecule has 1 radical (unpaired) electrons. The van der Waals surface area contributed by atoms with Crippen LogP contribution in [0.4, 0.5) is 0 Å². The van der Waals surface area contributed by atoms with Gasteiger partial charge in [0, 0.05) is 26.2 Å². The second kappa shape index (κ2) is 149. The van der Waals surface area contributed by atoms with Gasteiger partial charge in [-0.3, -0.25) is 0 Å². The van der Waals surface area contributed by atoms with Crippen molar-refractivity contribution in [2.75, 3.05) is 33.2 Å². The van der Waals surface area contributed by atoms with Gasteiger partial charge in [-0.15, -0.1) is 0 Å². The van der Waals surface area contributed by atoms with E-state index in [9.17, 15) is 0 Å². The minimum absolute atomic E-state index is 0. The zero-order valence-electron chi connectivity index (χ0n) is 10.5. The summed E-state index contributed by atoms with van der Waals surface area (Å²) in [6, 6.07) is 0. The largest absolute Gasteiger partial charge is 5.00 e. The van der Waals surface area contributed by atoms with Gasteiger partial charge in [-0.25, -0.2) is 0 Å². The first-order chi connectivity index (χ1) is 8.81. The van der Waals surface area contributed by atoms with Crippen LogP contribution in [-0.2, 0) is 17.1 Å². The fourth-order valence-electron chi connectivity index (χ4n) is 0.553. The number of likely N-dealkylation sites (N-methyl/N-ethyl adjacent to an activating group) is 1. The first-order valence-corrected chi connectivity index (χ1v) is 4.01. The van der Waals surface area contributed by atoms with Gasteiger partial charge < -0.3 is 75.5 Å². The topological polar surface area (TPSA) is 174 Å². The zero-order chi connectivity index (χ0) is 16.4. The molecular weight excluding hydrogens is 288 g/mol. The van der Waals surface area contributed by atoms with E-state index in [4.69, 9.17) is 70.6 Å². The average molecular weight is 303 g/mol. The van der Waals surface area contributed by atoms with E-state index < -0.39 is 0 Å². The number of nitrogens with zero attached hydrogens (tertiary/aromatic N) is 6. The van der Waals surface area contributed by atoms with Gasteiger partial charge >= 0.3 is 17.1 Å². The molecule has 0 aromatic rings. The molecule has 0 bridgehead atoms. The summed E-state index contributed by atoms with van der Waals surface area (Å²) in [6.07, 6.45) is 0. The number of nitrogens with two attached hydrogens (primary N) is 2. The predicted molar refractivity (Wildman–Crippen MR) is 60.4 cm³/mol. The average Bonchev–Trinajstić information content (AvgIpc) is 2.50. The monoisotopic (exact) mass is 303 g/mol. The Balaban J connectivity index is -0.0000000223. The summed E-state index contributed by atoms with van der Waals surface area (Å²) in [5, 5.41) is 31.2. The molecule has 0 aromatic carbocycles. The molecule has 0 aliphatic carbocycles. The molecule has 0 rings (SSSR count). The minimum Gasteiger partial charge on any atom is -0.512 e. The molecule has 0 fully saturated rings. The maximum Gasteiger partial charge on any atom is 5.00 e. The van der Waals surface area contributed by atoms with Crippen LogP contribution in [0.3, 0.4) is 0 Å². The van der Waals surface area contributed by atoms with Crippen LogP contribution in [0.15, 0.2) is 0 Å². The van der Waals surface area contributed by atoms with E-state index in [0.29, 0.717) is 0 Å². The molecular formula is C10H15FeN8. The van der Waals surface area contributed by atoms with Gasteiger partial charge in [0.25, 0.3) is 0 Å². The standard InChI is InChI=1S/C5H15N3.5CN.Fe/c1-8(4-2-6)5-3-7;5*1-2;/h2-7H2,1H3;;;;;;/q;5*-1;+5. The Bertz CT molecular complexity index is 155. The molecule has 0 aliphatic rings. The maximum atomic E-state index is 6.25. The van der Waals surface area contributed by atoms with Crippen molar-refractivity contribution in [2.45, 2.75) is 0 Å². The molecule has 0 unspecified atom stereocenters. The molecule has 0 saturated carbocycles. The fourth-order valence-corrected chi connectivity index (χ4v) is 0.553. The van der Waals surface area contributed by atoms with Crippen molar-refractivity contribution in [1.29, 1.82) is 26.3 Å². The Morgan fingerprint density at radius 2 is 0.842 bits per heavy atom. The van der Waals surface area contributed by atoms with Gasteiger partial charge in [-0.1, -0.05) is 0 Å². The summed E-state index contributed by atoms with van der Waals surface area (Å²) in [7, 11) is 2.01. The van der Waals surface area contributed by atoms with Gasteiger partial charge in [0.05, 0.1) is 0 Å². The van der Waals surface area contributed by atoms with E-state index >= 15 is 0 Å². The van der Waals surface area contributed by atoms with Gasteiger partial charge in [0.15, 0.2) is 0 Å². The number of rotatable bonds is 4. The molecule has 0 saturated heterocycles. The van der Waals surface area contributed by atoms with Crippen LogP contribution in [0, 0.1) is 59.2 Å². The Morgan fingerprint density at radius 3 is 0.947 bits per heavy atom. The van der Waals surface area contributed by atoms with Crippen LogP contribution in [0.5, 0.6) is 0 Å². The second-order valence-corrected chi connectivity index (χ2v) is 1.88. The van der Waals surface area contributed by atoms with Crippen molar-refractivity contribution >= 4 is 0 Å². The van der Waals surface area contributed by atoms with Gasteiger partial charge in [-0.2, -0.15) is 0 Å². The van der Waals surface area contributed by atoms with Crippen molar-refractivity contribution in [3.05, 3.63) is 32.9 Å². The van der Waals surface area contributed by atoms with E-state index in [1.165, 1.54) is 0 Å². The van der Waals surface area contributed by atoms with Gasteiger partial charge in [0.2, 0.25) is 0 Å². The second-order valence-electron chi connectivity index (χ2n) is 1.88. The van der Waals surface area contributed by atoms with Crippen LogP contribution in [0.25, 0.3) is 0 Å². The minimum atomic E-state index is 0. The van der Waals surface area contributed by atoms with Gasteiger partial charge in [-0.05, 0) is 7.05 Å². The summed E-state index contributed by atoms with van der Waals surface area (Å²) in [5.74, 6) is 0. The van der Waals surface area contributed by atoms with Crippen molar-refractivity contribution in [1.82, 2.24) is 4.90 Å². The first-order valence-electron chi connectivity index (χ1n) is 4.01. The Morgan fingerprint density at radius 1 is 0.684 bits per heavy atom. The molecule has 0 aromatic heterocycles. The summed E-state index contributed by atoms with van der Waals surface area (Å²) < 4.78 is 0. The van der Waals surface area contributed by atoms with E-state index in [1.54, 1.807) is 0 Å². The summed E-state index contributed by atoms with van der Waals surface area (Å²) in [5.41, 5.74) is 10.6. The molecule has 0 heterocycles. The molecule has 4 N–H and O–H groups in total. The number of hydrogen-bond donors (Lipinski definition) is 2. The Kier molecular flexibility index (Phi) is 341. The van der Waals surface area contributed by atoms with E-state index in [1.807, 2.05) is 7.05 Å². The quantitative estimate of drug-likeness (QED) is 0.506. The predicted octanol–water partition coefficient (Wildman–Crippen LogP) is -0.685. The molecule has 0 aliphatic heterocycles. The van der Waals surface area contributed by atoms with E-state index in [0.717, 1.165) is 26.2 Å². The normalized spacial score (nSPS) is 4.95. The maximum absolute atomic E-state index is 6.25. The summed E-state index contributed by atoms with van der Waals surface area (Å²) >= 11 is 0. The van der Waals surface area contributed by atoms with Crippen LogP contribution in [0.1, 0.15) is 0 Å². The molecule has 0 spiro atoms. The van der Waals surface area contributed by atoms with Crippen LogP contribution < -0.4 is 11.5 Å². The molecule has 0 atom stereocenters. The summed E-state index contributed by atoms with van der Waals surface area (Å²) in [6.45, 7) is 27.1. The van der Waals surface area contributed by atoms with Crippen molar-refractivity contribution in [3.63, 3.8) is 0 Å². The molecule has 9 heteroatoms. The smallest absolute Gasteiger partial charge is 0.512 e. The van der Waals surface area contributed by atoms with E-state index in [-0.39, 0.29) is 17.1 Å². The Labute approximate surface area is 126 Å². The van der Waals surface area contributed by atoms with E-state index in [2.05, 4.69) is 4.90 Å². The molecule has 0 amide bonds.